The molecule has 1 N–H and O–H groups in total. The number of nitrogens with one attached hydrogen (secondary N) is 1. The SMILES string of the molecule is CCCCCCCCCCCCCCCCCC(=O)ONC(=S)[O][Mo].[Zn]. The van der Waals surface area contributed by atoms with Crippen molar-refractivity contribution in [2.24, 2.45) is 0 Å². The van der Waals surface area contributed by atoms with Crippen molar-refractivity contribution in [2.45, 2.75) is 110 Å². The molecule has 0 fully saturated rings. The first-order chi connectivity index (χ1) is 12.2. The van der Waals surface area contributed by atoms with Crippen molar-refractivity contribution in [3.63, 3.8) is 0 Å². The molecule has 0 atom stereocenters. The van der Waals surface area contributed by atoms with Crippen LogP contribution in [0.25, 0.3) is 0 Å². The van der Waals surface area contributed by atoms with Gasteiger partial charge in [0.25, 0.3) is 0 Å². The van der Waals surface area contributed by atoms with Crippen LogP contribution in [-0.4, -0.2) is 11.1 Å². The van der Waals surface area contributed by atoms with Crippen molar-refractivity contribution in [1.82, 2.24) is 5.48 Å². The fourth-order valence-electron chi connectivity index (χ4n) is 2.81. The number of hydroxylamine groups is 1. The summed E-state index contributed by atoms with van der Waals surface area (Å²) in [4.78, 5) is 16.2. The second kappa shape index (κ2) is 23.5. The number of carbonyl (C=O) groups is 1. The molecule has 0 aliphatic carbocycles. The summed E-state index contributed by atoms with van der Waals surface area (Å²) in [5.41, 5.74) is 2.30. The van der Waals surface area contributed by atoms with Crippen molar-refractivity contribution in [3.8, 4) is 0 Å². The van der Waals surface area contributed by atoms with Gasteiger partial charge in [0.2, 0.25) is 0 Å². The smallest absolute Gasteiger partial charge is 0 e. The summed E-state index contributed by atoms with van der Waals surface area (Å²) in [5.74, 6) is -0.282. The van der Waals surface area contributed by atoms with E-state index in [0.29, 0.717) is 6.42 Å². The fraction of sp³-hybridized carbons (Fsp3) is 0.895. The molecule has 26 heavy (non-hydrogen) atoms. The predicted molar refractivity (Wildman–Crippen MR) is 102 cm³/mol. The summed E-state index contributed by atoms with van der Waals surface area (Å²) in [6, 6.07) is 0. The summed E-state index contributed by atoms with van der Waals surface area (Å²) in [7, 11) is 0. The van der Waals surface area contributed by atoms with E-state index in [-0.39, 0.29) is 30.6 Å². The molecule has 0 saturated carbocycles. The van der Waals surface area contributed by atoms with E-state index in [0.717, 1.165) is 12.8 Å². The Bertz CT molecular complexity index is 336. The quantitative estimate of drug-likeness (QED) is 0.116. The second-order valence-corrected chi connectivity index (χ2v) is 7.43. The van der Waals surface area contributed by atoms with Gasteiger partial charge in [0.15, 0.2) is 0 Å². The molecular formula is C19H36MoNO3SZn. The fourth-order valence-corrected chi connectivity index (χ4v) is 2.93. The zero-order chi connectivity index (χ0) is 18.6. The predicted octanol–water partition coefficient (Wildman–Crippen LogP) is 6.06. The Morgan fingerprint density at radius 1 is 0.808 bits per heavy atom. The average molecular weight is 520 g/mol. The monoisotopic (exact) mass is 520 g/mol. The van der Waals surface area contributed by atoms with Gasteiger partial charge in [-0.1, -0.05) is 64.7 Å². The minimum Gasteiger partial charge on any atom is 0 e. The molecule has 0 aromatic carbocycles. The Balaban J connectivity index is 0. The topological polar surface area (TPSA) is 47.6 Å². The normalized spacial score (nSPS) is 10.0. The van der Waals surface area contributed by atoms with Crippen LogP contribution >= 0.6 is 12.2 Å². The number of hydrogen-bond acceptors (Lipinski definition) is 4. The summed E-state index contributed by atoms with van der Waals surface area (Å²) in [6.07, 6.45) is 20.2. The first-order valence-electron chi connectivity index (χ1n) is 10.00. The van der Waals surface area contributed by atoms with Gasteiger partial charge in [-0.3, -0.25) is 0 Å². The Morgan fingerprint density at radius 2 is 1.19 bits per heavy atom. The summed E-state index contributed by atoms with van der Waals surface area (Å²) in [5, 5.41) is 0.0784. The van der Waals surface area contributed by atoms with E-state index in [2.05, 4.69) is 15.8 Å². The van der Waals surface area contributed by atoms with Crippen LogP contribution in [-0.2, 0) is 52.7 Å². The molecule has 0 aliphatic rings. The number of thiocarbonyl (C=S) groups is 1. The zero-order valence-electron chi connectivity index (χ0n) is 16.6. The van der Waals surface area contributed by atoms with Gasteiger partial charge in [-0.15, -0.1) is 0 Å². The van der Waals surface area contributed by atoms with Crippen LogP contribution in [0.3, 0.4) is 0 Å². The molecule has 149 valence electrons. The van der Waals surface area contributed by atoms with Crippen LogP contribution < -0.4 is 5.48 Å². The van der Waals surface area contributed by atoms with E-state index in [4.69, 9.17) is 17.1 Å². The maximum atomic E-state index is 11.4. The van der Waals surface area contributed by atoms with Crippen LogP contribution in [0.15, 0.2) is 0 Å². The van der Waals surface area contributed by atoms with Gasteiger partial charge < -0.3 is 0 Å². The number of rotatable bonds is 16. The Kier molecular flexibility index (Phi) is 25.9. The number of unbranched alkanes of at least 4 members (excludes halogenated alkanes) is 14. The Labute approximate surface area is 190 Å². The molecule has 0 aromatic rings. The van der Waals surface area contributed by atoms with E-state index >= 15 is 0 Å². The van der Waals surface area contributed by atoms with Crippen LogP contribution in [0, 0.1) is 0 Å². The van der Waals surface area contributed by atoms with Crippen LogP contribution in [0.5, 0.6) is 0 Å². The minimum absolute atomic E-state index is 0. The first-order valence-corrected chi connectivity index (χ1v) is 11.2. The summed E-state index contributed by atoms with van der Waals surface area (Å²) >= 11 is 6.08. The van der Waals surface area contributed by atoms with Gasteiger partial charge in [-0.05, 0) is 0 Å². The third kappa shape index (κ3) is 22.5. The maximum absolute atomic E-state index is 11.4. The molecule has 0 aliphatic heterocycles. The summed E-state index contributed by atoms with van der Waals surface area (Å²) in [6.45, 7) is 2.27. The molecule has 4 nitrogen and oxygen atoms in total. The Morgan fingerprint density at radius 3 is 1.58 bits per heavy atom. The van der Waals surface area contributed by atoms with Crippen molar-refractivity contribution >= 4 is 23.4 Å². The van der Waals surface area contributed by atoms with Crippen molar-refractivity contribution in [2.75, 3.05) is 0 Å². The minimum atomic E-state index is -0.282. The first kappa shape index (κ1) is 28.7. The molecule has 0 amide bonds. The second-order valence-electron chi connectivity index (χ2n) is 6.65. The van der Waals surface area contributed by atoms with Gasteiger partial charge in [0.05, 0.1) is 0 Å². The number of carbonyl (C=O) groups excluding carboxylic acids is 1. The molecule has 7 heteroatoms. The molecule has 0 aromatic heterocycles. The summed E-state index contributed by atoms with van der Waals surface area (Å²) < 4.78 is 4.68. The molecule has 0 bridgehead atoms. The van der Waals surface area contributed by atoms with Gasteiger partial charge >= 0.3 is 107 Å². The number of hydrogen-bond donors (Lipinski definition) is 1. The molecule has 0 rings (SSSR count). The largest absolute Gasteiger partial charge is 0 e. The van der Waals surface area contributed by atoms with Gasteiger partial charge in [-0.25, -0.2) is 0 Å². The molecule has 0 heterocycles. The van der Waals surface area contributed by atoms with Crippen LogP contribution in [0.1, 0.15) is 110 Å². The van der Waals surface area contributed by atoms with E-state index in [1.807, 2.05) is 0 Å². The van der Waals surface area contributed by atoms with Crippen molar-refractivity contribution < 1.29 is 52.7 Å². The van der Waals surface area contributed by atoms with Gasteiger partial charge in [0.1, 0.15) is 0 Å². The van der Waals surface area contributed by atoms with Crippen LogP contribution in [0.2, 0.25) is 0 Å². The van der Waals surface area contributed by atoms with Gasteiger partial charge in [-0.2, -0.15) is 0 Å². The maximum Gasteiger partial charge on any atom is 0 e. The third-order valence-corrected chi connectivity index (χ3v) is 5.17. The van der Waals surface area contributed by atoms with Crippen molar-refractivity contribution in [1.29, 1.82) is 0 Å². The Hall–Kier alpha value is 0.472. The standard InChI is InChI=1S/C19H37NO3S.Mo.Zn/c1-2-3-4-5-6-7-8-9-10-11-12-13-14-15-16-17-18(21)23-20-19(22)24;;/h2-17H2,1H3,(H2,20,22,24);;/q;+1;/p-1. The molecule has 0 unspecified atom stereocenters. The van der Waals surface area contributed by atoms with E-state index < -0.39 is 0 Å². The van der Waals surface area contributed by atoms with E-state index in [1.165, 1.54) is 104 Å². The zero-order valence-corrected chi connectivity index (χ0v) is 22.4. The van der Waals surface area contributed by atoms with Crippen molar-refractivity contribution in [3.05, 3.63) is 0 Å². The van der Waals surface area contributed by atoms with E-state index in [9.17, 15) is 4.79 Å². The van der Waals surface area contributed by atoms with E-state index in [1.54, 1.807) is 0 Å². The van der Waals surface area contributed by atoms with Gasteiger partial charge in [0, 0.05) is 19.5 Å². The molecule has 0 radical (unpaired) electrons. The van der Waals surface area contributed by atoms with Crippen LogP contribution in [0.4, 0.5) is 0 Å². The third-order valence-electron chi connectivity index (χ3n) is 4.31. The molecule has 0 saturated heterocycles. The average Bonchev–Trinajstić information content (AvgIpc) is 2.62. The molecular weight excluding hydrogens is 484 g/mol. The molecule has 0 spiro atoms.